The summed E-state index contributed by atoms with van der Waals surface area (Å²) in [4.78, 5) is 13.0. The summed E-state index contributed by atoms with van der Waals surface area (Å²) in [7, 11) is 1.74. The Balaban J connectivity index is 2.34. The third-order valence-corrected chi connectivity index (χ3v) is 2.42. The molecule has 0 aliphatic rings. The minimum atomic E-state index is -0.268. The second-order valence-corrected chi connectivity index (χ2v) is 4.23. The zero-order valence-electron chi connectivity index (χ0n) is 8.65. The van der Waals surface area contributed by atoms with Crippen molar-refractivity contribution in [2.75, 3.05) is 18.0 Å². The average Bonchev–Trinajstić information content (AvgIpc) is 2.27. The molecular formula is C11H14INO2. The van der Waals surface area contributed by atoms with Gasteiger partial charge in [-0.1, -0.05) is 52.9 Å². The number of benzene rings is 1. The molecule has 0 radical (unpaired) electrons. The number of ether oxygens (including phenoxy) is 1. The number of alkyl halides is 1. The molecule has 0 aliphatic heterocycles. The number of carbonyl (C=O) groups is 1. The molecule has 0 N–H and O–H groups in total. The van der Waals surface area contributed by atoms with Crippen molar-refractivity contribution in [3.05, 3.63) is 35.9 Å². The first-order valence-electron chi connectivity index (χ1n) is 4.72. The molecule has 0 fully saturated rings. The summed E-state index contributed by atoms with van der Waals surface area (Å²) in [5.41, 5.74) is 1.01. The molecule has 3 nitrogen and oxygen atoms in total. The fraction of sp³-hybridized carbons (Fsp3) is 0.364. The second-order valence-electron chi connectivity index (χ2n) is 3.15. The molecule has 1 rings (SSSR count). The Bertz CT molecular complexity index is 303. The number of nitrogens with zero attached hydrogens (tertiary/aromatic N) is 1. The van der Waals surface area contributed by atoms with E-state index in [0.29, 0.717) is 13.2 Å². The Morgan fingerprint density at radius 3 is 2.67 bits per heavy atom. The topological polar surface area (TPSA) is 29.5 Å². The first kappa shape index (κ1) is 12.3. The van der Waals surface area contributed by atoms with E-state index in [1.807, 2.05) is 30.3 Å². The summed E-state index contributed by atoms with van der Waals surface area (Å²) in [6.45, 7) is 1.06. The molecule has 0 aromatic heterocycles. The van der Waals surface area contributed by atoms with E-state index in [1.54, 1.807) is 11.9 Å². The summed E-state index contributed by atoms with van der Waals surface area (Å²) < 4.78 is 6.04. The second kappa shape index (κ2) is 6.66. The lowest BCUT2D eigenvalue weighted by Crippen LogP contribution is -2.28. The van der Waals surface area contributed by atoms with Crippen molar-refractivity contribution in [3.8, 4) is 0 Å². The van der Waals surface area contributed by atoms with E-state index in [2.05, 4.69) is 22.6 Å². The number of amides is 1. The van der Waals surface area contributed by atoms with Gasteiger partial charge in [0.25, 0.3) is 0 Å². The molecule has 0 atom stereocenters. The fourth-order valence-corrected chi connectivity index (χ4v) is 1.77. The van der Waals surface area contributed by atoms with E-state index >= 15 is 0 Å². The molecule has 1 aromatic rings. The smallest absolute Gasteiger partial charge is 0.409 e. The zero-order valence-corrected chi connectivity index (χ0v) is 10.8. The lowest BCUT2D eigenvalue weighted by molar-refractivity contribution is 0.107. The van der Waals surface area contributed by atoms with Gasteiger partial charge in [0.2, 0.25) is 0 Å². The van der Waals surface area contributed by atoms with Crippen LogP contribution in [0, 0.1) is 0 Å². The fourth-order valence-electron chi connectivity index (χ4n) is 1.05. The number of carbonyl (C=O) groups excluding carboxylic acids is 1. The van der Waals surface area contributed by atoms with Gasteiger partial charge in [0.05, 0.1) is 0 Å². The highest BCUT2D eigenvalue weighted by Gasteiger charge is 2.08. The van der Waals surface area contributed by atoms with Gasteiger partial charge in [-0.15, -0.1) is 0 Å². The van der Waals surface area contributed by atoms with Crippen LogP contribution in [0.5, 0.6) is 0 Å². The highest BCUT2D eigenvalue weighted by atomic mass is 127. The van der Waals surface area contributed by atoms with Gasteiger partial charge in [0.15, 0.2) is 0 Å². The summed E-state index contributed by atoms with van der Waals surface area (Å²) >= 11 is 2.23. The highest BCUT2D eigenvalue weighted by molar-refractivity contribution is 14.1. The number of halogens is 1. The van der Waals surface area contributed by atoms with Gasteiger partial charge in [-0.3, -0.25) is 0 Å². The van der Waals surface area contributed by atoms with Gasteiger partial charge >= 0.3 is 6.09 Å². The largest absolute Gasteiger partial charge is 0.445 e. The molecule has 1 amide bonds. The normalized spacial score (nSPS) is 9.73. The molecule has 0 heterocycles. The molecule has 15 heavy (non-hydrogen) atoms. The van der Waals surface area contributed by atoms with Crippen molar-refractivity contribution >= 4 is 28.7 Å². The summed E-state index contributed by atoms with van der Waals surface area (Å²) in [5, 5.41) is 0. The minimum Gasteiger partial charge on any atom is -0.445 e. The van der Waals surface area contributed by atoms with Crippen LogP contribution in [0.1, 0.15) is 5.56 Å². The monoisotopic (exact) mass is 319 g/mol. The Labute approximate surface area is 104 Å². The van der Waals surface area contributed by atoms with Gasteiger partial charge in [0.1, 0.15) is 6.61 Å². The van der Waals surface area contributed by atoms with E-state index in [0.717, 1.165) is 9.99 Å². The van der Waals surface area contributed by atoms with E-state index in [1.165, 1.54) is 0 Å². The minimum absolute atomic E-state index is 0.268. The third kappa shape index (κ3) is 4.51. The van der Waals surface area contributed by atoms with E-state index in [9.17, 15) is 4.79 Å². The number of hydrogen-bond donors (Lipinski definition) is 0. The van der Waals surface area contributed by atoms with Crippen LogP contribution in [0.15, 0.2) is 30.3 Å². The average molecular weight is 319 g/mol. The van der Waals surface area contributed by atoms with E-state index in [-0.39, 0.29) is 6.09 Å². The maximum Gasteiger partial charge on any atom is 0.409 e. The molecule has 0 unspecified atom stereocenters. The van der Waals surface area contributed by atoms with Crippen LogP contribution in [-0.2, 0) is 11.3 Å². The van der Waals surface area contributed by atoms with Crippen molar-refractivity contribution in [2.24, 2.45) is 0 Å². The Hall–Kier alpha value is -0.780. The molecular weight excluding hydrogens is 305 g/mol. The van der Waals surface area contributed by atoms with Crippen molar-refractivity contribution < 1.29 is 9.53 Å². The Morgan fingerprint density at radius 1 is 1.40 bits per heavy atom. The number of hydrogen-bond acceptors (Lipinski definition) is 2. The lowest BCUT2D eigenvalue weighted by atomic mass is 10.2. The predicted molar refractivity (Wildman–Crippen MR) is 68.1 cm³/mol. The van der Waals surface area contributed by atoms with Crippen LogP contribution in [0.25, 0.3) is 0 Å². The Morgan fingerprint density at radius 2 is 2.07 bits per heavy atom. The van der Waals surface area contributed by atoms with Crippen molar-refractivity contribution in [1.82, 2.24) is 4.90 Å². The predicted octanol–water partition coefficient (Wildman–Crippen LogP) is 2.69. The van der Waals surface area contributed by atoms with E-state index < -0.39 is 0 Å². The van der Waals surface area contributed by atoms with Crippen LogP contribution in [-0.4, -0.2) is 29.0 Å². The number of rotatable bonds is 4. The summed E-state index contributed by atoms with van der Waals surface area (Å²) in [6.07, 6.45) is -0.268. The summed E-state index contributed by atoms with van der Waals surface area (Å²) in [5.74, 6) is 0. The molecule has 0 bridgehead atoms. The molecule has 0 spiro atoms. The third-order valence-electron chi connectivity index (χ3n) is 1.94. The van der Waals surface area contributed by atoms with Crippen molar-refractivity contribution in [2.45, 2.75) is 6.61 Å². The van der Waals surface area contributed by atoms with Gasteiger partial charge in [-0.25, -0.2) is 4.79 Å². The van der Waals surface area contributed by atoms with Gasteiger partial charge in [0, 0.05) is 18.0 Å². The van der Waals surface area contributed by atoms with Crippen molar-refractivity contribution in [3.63, 3.8) is 0 Å². The molecule has 0 aliphatic carbocycles. The van der Waals surface area contributed by atoms with Gasteiger partial charge in [-0.05, 0) is 5.56 Å². The standard InChI is InChI=1S/C11H14INO2/c1-13(8-7-12)11(14)15-9-10-5-3-2-4-6-10/h2-6H,7-9H2,1H3. The first-order valence-corrected chi connectivity index (χ1v) is 6.24. The molecule has 0 saturated carbocycles. The van der Waals surface area contributed by atoms with Crippen molar-refractivity contribution in [1.29, 1.82) is 0 Å². The molecule has 4 heteroatoms. The van der Waals surface area contributed by atoms with Gasteiger partial charge < -0.3 is 9.64 Å². The summed E-state index contributed by atoms with van der Waals surface area (Å²) in [6, 6.07) is 9.67. The lowest BCUT2D eigenvalue weighted by Gasteiger charge is -2.15. The van der Waals surface area contributed by atoms with Crippen LogP contribution in [0.3, 0.4) is 0 Å². The SMILES string of the molecule is CN(CCI)C(=O)OCc1ccccc1. The molecule has 1 aromatic carbocycles. The van der Waals surface area contributed by atoms with Crippen LogP contribution in [0.4, 0.5) is 4.79 Å². The molecule has 82 valence electrons. The van der Waals surface area contributed by atoms with E-state index in [4.69, 9.17) is 4.74 Å². The van der Waals surface area contributed by atoms with Gasteiger partial charge in [-0.2, -0.15) is 0 Å². The van der Waals surface area contributed by atoms with Crippen LogP contribution >= 0.6 is 22.6 Å². The highest BCUT2D eigenvalue weighted by Crippen LogP contribution is 2.02. The first-order chi connectivity index (χ1) is 7.24. The quantitative estimate of drug-likeness (QED) is 0.631. The molecule has 0 saturated heterocycles. The maximum atomic E-state index is 11.4. The maximum absolute atomic E-state index is 11.4. The van der Waals surface area contributed by atoms with Crippen LogP contribution in [0.2, 0.25) is 0 Å². The van der Waals surface area contributed by atoms with Crippen LogP contribution < -0.4 is 0 Å². The Kier molecular flexibility index (Phi) is 5.45. The zero-order chi connectivity index (χ0) is 11.1.